The minimum absolute atomic E-state index is 0.357. The fraction of sp³-hybridized carbons (Fsp3) is 0.733. The van der Waals surface area contributed by atoms with Crippen molar-refractivity contribution in [3.05, 3.63) is 12.2 Å². The van der Waals surface area contributed by atoms with E-state index in [2.05, 4.69) is 5.32 Å². The van der Waals surface area contributed by atoms with E-state index < -0.39 is 17.7 Å². The van der Waals surface area contributed by atoms with Crippen LogP contribution in [0.2, 0.25) is 0 Å². The summed E-state index contributed by atoms with van der Waals surface area (Å²) >= 11 is 0. The predicted octanol–water partition coefficient (Wildman–Crippen LogP) is 2.25. The molecule has 0 aromatic carbocycles. The molecule has 0 aromatic heterocycles. The van der Waals surface area contributed by atoms with E-state index in [1.807, 2.05) is 46.6 Å². The summed E-state index contributed by atoms with van der Waals surface area (Å²) in [6.07, 6.45) is 3.13. The lowest BCUT2D eigenvalue weighted by molar-refractivity contribution is -0.131. The van der Waals surface area contributed by atoms with E-state index in [-0.39, 0.29) is 5.54 Å². The highest BCUT2D eigenvalue weighted by Gasteiger charge is 2.20. The maximum Gasteiger partial charge on any atom is 0.407 e. The van der Waals surface area contributed by atoms with Crippen LogP contribution >= 0.6 is 0 Å². The summed E-state index contributed by atoms with van der Waals surface area (Å²) in [6.45, 7) is 10.6. The Bertz CT molecular complexity index is 384. The van der Waals surface area contributed by atoms with Crippen molar-refractivity contribution in [2.45, 2.75) is 52.2 Å². The molecule has 0 heterocycles. The summed E-state index contributed by atoms with van der Waals surface area (Å²) < 4.78 is 5.14. The van der Waals surface area contributed by atoms with E-state index in [0.717, 1.165) is 19.0 Å². The number of carboxylic acid groups (broad SMARTS) is 1. The minimum Gasteiger partial charge on any atom is -0.478 e. The molecule has 0 fully saturated rings. The molecule has 0 spiro atoms. The fourth-order valence-corrected chi connectivity index (χ4v) is 1.51. The molecule has 2 N–H and O–H groups in total. The van der Waals surface area contributed by atoms with E-state index in [1.54, 1.807) is 6.08 Å². The van der Waals surface area contributed by atoms with Crippen LogP contribution < -0.4 is 5.32 Å². The average Bonchev–Trinajstić information content (AvgIpc) is 2.29. The van der Waals surface area contributed by atoms with Gasteiger partial charge in [0.2, 0.25) is 0 Å². The van der Waals surface area contributed by atoms with Gasteiger partial charge in [-0.15, -0.1) is 0 Å². The highest BCUT2D eigenvalue weighted by atomic mass is 16.6. The van der Waals surface area contributed by atoms with Gasteiger partial charge >= 0.3 is 12.1 Å². The van der Waals surface area contributed by atoms with Gasteiger partial charge in [-0.05, 0) is 48.1 Å². The summed E-state index contributed by atoms with van der Waals surface area (Å²) in [6, 6.07) is 0. The van der Waals surface area contributed by atoms with Crippen LogP contribution in [0.4, 0.5) is 4.79 Å². The molecule has 0 saturated carbocycles. The number of ether oxygens (including phenoxy) is 1. The van der Waals surface area contributed by atoms with Gasteiger partial charge < -0.3 is 15.2 Å². The summed E-state index contributed by atoms with van der Waals surface area (Å²) in [5.74, 6) is -0.955. The van der Waals surface area contributed by atoms with Crippen LogP contribution in [0.25, 0.3) is 0 Å². The molecule has 0 aromatic rings. The van der Waals surface area contributed by atoms with Gasteiger partial charge in [0.1, 0.15) is 5.60 Å². The Morgan fingerprint density at radius 2 is 1.81 bits per heavy atom. The number of hydrogen-bond acceptors (Lipinski definition) is 4. The molecular formula is C15H28N2O4. The number of amides is 1. The van der Waals surface area contributed by atoms with Gasteiger partial charge in [0.05, 0.1) is 0 Å². The highest BCUT2D eigenvalue weighted by molar-refractivity contribution is 5.79. The number of carbonyl (C=O) groups is 2. The third-order valence-corrected chi connectivity index (χ3v) is 2.96. The van der Waals surface area contributed by atoms with Crippen molar-refractivity contribution in [2.24, 2.45) is 0 Å². The number of alkyl carbamates (subject to hydrolysis) is 1. The third kappa shape index (κ3) is 9.90. The topological polar surface area (TPSA) is 78.9 Å². The molecule has 0 atom stereocenters. The predicted molar refractivity (Wildman–Crippen MR) is 82.3 cm³/mol. The maximum absolute atomic E-state index is 11.5. The molecule has 21 heavy (non-hydrogen) atoms. The third-order valence-electron chi connectivity index (χ3n) is 2.96. The molecule has 0 unspecified atom stereocenters. The molecular weight excluding hydrogens is 272 g/mol. The van der Waals surface area contributed by atoms with Crippen LogP contribution in [0.3, 0.4) is 0 Å². The van der Waals surface area contributed by atoms with Gasteiger partial charge in [0.25, 0.3) is 0 Å². The minimum atomic E-state index is -0.955. The standard InChI is InChI=1S/C15H28N2O4/c1-14(2,3)21-13(20)16-10-7-11-17(6)15(4,5)9-8-12(18)19/h8-9H,7,10-11H2,1-6H3,(H,16,20)(H,18,19)/b9-8+. The zero-order valence-electron chi connectivity index (χ0n) is 13.9. The van der Waals surface area contributed by atoms with Crippen LogP contribution in [0, 0.1) is 0 Å². The van der Waals surface area contributed by atoms with Crippen molar-refractivity contribution in [2.75, 3.05) is 20.1 Å². The number of nitrogens with one attached hydrogen (secondary N) is 1. The molecule has 0 aliphatic heterocycles. The van der Waals surface area contributed by atoms with Crippen molar-refractivity contribution >= 4 is 12.1 Å². The van der Waals surface area contributed by atoms with Gasteiger partial charge in [0.15, 0.2) is 0 Å². The van der Waals surface area contributed by atoms with Crippen LogP contribution in [-0.2, 0) is 9.53 Å². The van der Waals surface area contributed by atoms with Gasteiger partial charge in [-0.3, -0.25) is 4.90 Å². The van der Waals surface area contributed by atoms with Crippen LogP contribution in [-0.4, -0.2) is 53.3 Å². The number of rotatable bonds is 7. The van der Waals surface area contributed by atoms with Crippen molar-refractivity contribution in [1.29, 1.82) is 0 Å². The van der Waals surface area contributed by atoms with Gasteiger partial charge in [-0.2, -0.15) is 0 Å². The summed E-state index contributed by atoms with van der Waals surface area (Å²) in [5.41, 5.74) is -0.852. The molecule has 122 valence electrons. The lowest BCUT2D eigenvalue weighted by atomic mass is 10.0. The Morgan fingerprint density at radius 1 is 1.24 bits per heavy atom. The lowest BCUT2D eigenvalue weighted by Gasteiger charge is -2.32. The monoisotopic (exact) mass is 300 g/mol. The molecule has 0 bridgehead atoms. The number of nitrogens with zero attached hydrogens (tertiary/aromatic N) is 1. The van der Waals surface area contributed by atoms with Crippen molar-refractivity contribution in [3.8, 4) is 0 Å². The zero-order chi connectivity index (χ0) is 16.7. The van der Waals surface area contributed by atoms with Gasteiger partial charge in [-0.1, -0.05) is 6.08 Å². The first-order valence-corrected chi connectivity index (χ1v) is 7.04. The summed E-state index contributed by atoms with van der Waals surface area (Å²) in [7, 11) is 1.92. The number of carboxylic acids is 1. The van der Waals surface area contributed by atoms with Crippen molar-refractivity contribution in [3.63, 3.8) is 0 Å². The van der Waals surface area contributed by atoms with E-state index in [0.29, 0.717) is 6.54 Å². The molecule has 0 rings (SSSR count). The van der Waals surface area contributed by atoms with E-state index in [4.69, 9.17) is 9.84 Å². The smallest absolute Gasteiger partial charge is 0.407 e. The Kier molecular flexibility index (Phi) is 7.43. The van der Waals surface area contributed by atoms with Crippen LogP contribution in [0.15, 0.2) is 12.2 Å². The summed E-state index contributed by atoms with van der Waals surface area (Å²) in [5, 5.41) is 11.4. The Balaban J connectivity index is 4.07. The normalized spacial score (nSPS) is 12.7. The van der Waals surface area contributed by atoms with Crippen LogP contribution in [0.1, 0.15) is 41.0 Å². The molecule has 0 saturated heterocycles. The second-order valence-electron chi connectivity index (χ2n) is 6.53. The Morgan fingerprint density at radius 3 is 2.29 bits per heavy atom. The van der Waals surface area contributed by atoms with E-state index in [9.17, 15) is 9.59 Å². The Hall–Kier alpha value is -1.56. The SMILES string of the molecule is CN(CCCNC(=O)OC(C)(C)C)C(C)(C)/C=C/C(=O)O. The first-order chi connectivity index (χ1) is 9.44. The molecule has 0 radical (unpaired) electrons. The van der Waals surface area contributed by atoms with E-state index in [1.165, 1.54) is 0 Å². The lowest BCUT2D eigenvalue weighted by Crippen LogP contribution is -2.41. The van der Waals surface area contributed by atoms with Crippen LogP contribution in [0.5, 0.6) is 0 Å². The first-order valence-electron chi connectivity index (χ1n) is 7.04. The average molecular weight is 300 g/mol. The number of likely N-dealkylation sites (N-methyl/N-ethyl adjacent to an activating group) is 1. The highest BCUT2D eigenvalue weighted by Crippen LogP contribution is 2.14. The second kappa shape index (κ2) is 8.02. The maximum atomic E-state index is 11.5. The van der Waals surface area contributed by atoms with Crippen molar-refractivity contribution in [1.82, 2.24) is 10.2 Å². The molecule has 1 amide bonds. The van der Waals surface area contributed by atoms with Gasteiger partial charge in [-0.25, -0.2) is 9.59 Å². The number of carbonyl (C=O) groups excluding carboxylic acids is 1. The molecule has 0 aliphatic rings. The number of aliphatic carboxylic acids is 1. The summed E-state index contributed by atoms with van der Waals surface area (Å²) in [4.78, 5) is 24.0. The molecule has 6 nitrogen and oxygen atoms in total. The molecule has 0 aliphatic carbocycles. The van der Waals surface area contributed by atoms with Gasteiger partial charge in [0, 0.05) is 24.7 Å². The Labute approximate surface area is 127 Å². The quantitative estimate of drug-likeness (QED) is 0.557. The van der Waals surface area contributed by atoms with E-state index >= 15 is 0 Å². The number of hydrogen-bond donors (Lipinski definition) is 2. The largest absolute Gasteiger partial charge is 0.478 e. The first kappa shape index (κ1) is 19.4. The fourth-order valence-electron chi connectivity index (χ4n) is 1.51. The molecule has 6 heteroatoms. The zero-order valence-corrected chi connectivity index (χ0v) is 13.9. The second-order valence-corrected chi connectivity index (χ2v) is 6.53. The van der Waals surface area contributed by atoms with Crippen molar-refractivity contribution < 1.29 is 19.4 Å².